The molecule has 0 fully saturated rings. The van der Waals surface area contributed by atoms with E-state index < -0.39 is 11.7 Å². The number of ether oxygens (including phenoxy) is 4. The summed E-state index contributed by atoms with van der Waals surface area (Å²) in [5, 5.41) is 0. The van der Waals surface area contributed by atoms with Crippen LogP contribution in [0.5, 0.6) is 0 Å². The minimum Gasteiger partial charge on any atom is -1.00 e. The molecular formula is C25H33BrF3N3O4S. The lowest BCUT2D eigenvalue weighted by molar-refractivity contribution is -0.136. The number of methoxy groups -OCH3 is 4. The smallest absolute Gasteiger partial charge is 0.418 e. The third-order valence-electron chi connectivity index (χ3n) is 5.75. The van der Waals surface area contributed by atoms with Crippen molar-refractivity contribution in [3.8, 4) is 0 Å². The number of fused-ring (bicyclic) bond motifs is 2. The maximum Gasteiger partial charge on any atom is 0.418 e. The fourth-order valence-electron chi connectivity index (χ4n) is 3.84. The highest BCUT2D eigenvalue weighted by Crippen LogP contribution is 2.40. The first-order valence-corrected chi connectivity index (χ1v) is 12.4. The standard InChI is InChI=1S/C25H33F3N3O4S.BrH/c1-32-11-7-30(8-12-33-2)18-5-6-21-22(16-18)36-23-17-19(31(9-13-34-3)10-14-35-4)15-20(24(23)29-21)25(26,27)28;/h5-6,15-17H,7-14H2,1-4H3;1H/q+1;/p-1. The van der Waals surface area contributed by atoms with Gasteiger partial charge in [0.25, 0.3) is 9.40 Å². The molecule has 0 aliphatic heterocycles. The van der Waals surface area contributed by atoms with Gasteiger partial charge in [-0.3, -0.25) is 0 Å². The molecule has 0 radical (unpaired) electrons. The highest BCUT2D eigenvalue weighted by molar-refractivity contribution is 7.24. The number of aromatic nitrogens is 1. The molecule has 12 heteroatoms. The Labute approximate surface area is 229 Å². The molecule has 0 amide bonds. The molecule has 0 spiro atoms. The monoisotopic (exact) mass is 607 g/mol. The summed E-state index contributed by atoms with van der Waals surface area (Å²) in [5.74, 6) is 0. The number of alkyl halides is 3. The quantitative estimate of drug-likeness (QED) is 0.205. The molecule has 0 unspecified atom stereocenters. The summed E-state index contributed by atoms with van der Waals surface area (Å²) in [7, 11) is 6.42. The first kappa shape index (κ1) is 31.4. The third-order valence-corrected chi connectivity index (χ3v) is 6.83. The van der Waals surface area contributed by atoms with E-state index in [9.17, 15) is 13.2 Å². The fraction of sp³-hybridized carbons (Fsp3) is 0.520. The van der Waals surface area contributed by atoms with Crippen LogP contribution >= 0.6 is 11.3 Å². The number of hydrogen-bond donors (Lipinski definition) is 0. The Morgan fingerprint density at radius 2 is 1.22 bits per heavy atom. The van der Waals surface area contributed by atoms with E-state index in [0.29, 0.717) is 68.5 Å². The van der Waals surface area contributed by atoms with E-state index in [1.807, 2.05) is 17.0 Å². The average molecular weight is 609 g/mol. The maximum atomic E-state index is 14.1. The van der Waals surface area contributed by atoms with Crippen LogP contribution in [0, 0.1) is 0 Å². The van der Waals surface area contributed by atoms with Crippen LogP contribution in [0.1, 0.15) is 5.56 Å². The van der Waals surface area contributed by atoms with Gasteiger partial charge in [-0.15, -0.1) is 0 Å². The van der Waals surface area contributed by atoms with Crippen molar-refractivity contribution in [3.63, 3.8) is 0 Å². The zero-order chi connectivity index (χ0) is 26.1. The molecule has 0 saturated heterocycles. The fourth-order valence-corrected chi connectivity index (χ4v) is 4.91. The first-order valence-electron chi connectivity index (χ1n) is 11.6. The number of halogens is 4. The van der Waals surface area contributed by atoms with E-state index in [0.717, 1.165) is 10.4 Å². The lowest BCUT2D eigenvalue weighted by Gasteiger charge is -2.25. The second-order valence-electron chi connectivity index (χ2n) is 8.15. The summed E-state index contributed by atoms with van der Waals surface area (Å²) in [6.07, 6.45) is -4.55. The molecule has 0 N–H and O–H groups in total. The van der Waals surface area contributed by atoms with E-state index in [1.165, 1.54) is 17.4 Å². The Kier molecular flexibility index (Phi) is 12.7. The van der Waals surface area contributed by atoms with Gasteiger partial charge < -0.3 is 45.7 Å². The van der Waals surface area contributed by atoms with Crippen LogP contribution < -0.4 is 26.8 Å². The van der Waals surface area contributed by atoms with Crippen molar-refractivity contribution in [1.82, 2.24) is 4.98 Å². The number of hydrogen-bond acceptors (Lipinski definition) is 7. The Hall–Kier alpha value is -1.83. The van der Waals surface area contributed by atoms with Crippen molar-refractivity contribution in [1.29, 1.82) is 0 Å². The Bertz CT molecular complexity index is 1120. The SMILES string of the molecule is COCCN(CCOC)c1ccc2nc3c(C(F)(F)F)cc(N(CCOC)CCOC)cc3[s+]c2c1.[Br-]. The molecule has 0 aliphatic carbocycles. The van der Waals surface area contributed by atoms with E-state index in [4.69, 9.17) is 18.9 Å². The molecule has 206 valence electrons. The molecular weight excluding hydrogens is 575 g/mol. The molecule has 0 aliphatic rings. The number of nitrogens with zero attached hydrogens (tertiary/aromatic N) is 3. The van der Waals surface area contributed by atoms with Crippen molar-refractivity contribution in [2.75, 3.05) is 90.8 Å². The average Bonchev–Trinajstić information content (AvgIpc) is 2.86. The van der Waals surface area contributed by atoms with Crippen LogP contribution in [-0.4, -0.2) is 86.0 Å². The van der Waals surface area contributed by atoms with Gasteiger partial charge in [0, 0.05) is 78.1 Å². The van der Waals surface area contributed by atoms with E-state index in [2.05, 4.69) is 9.88 Å². The van der Waals surface area contributed by atoms with Gasteiger partial charge in [-0.25, -0.2) is 4.98 Å². The molecule has 1 heterocycles. The molecule has 3 rings (SSSR count). The third kappa shape index (κ3) is 8.33. The molecule has 1 aromatic heterocycles. The van der Waals surface area contributed by atoms with Gasteiger partial charge in [0.05, 0.1) is 32.0 Å². The van der Waals surface area contributed by atoms with Crippen LogP contribution in [0.3, 0.4) is 0 Å². The molecule has 0 bridgehead atoms. The maximum absolute atomic E-state index is 14.1. The van der Waals surface area contributed by atoms with E-state index in [-0.39, 0.29) is 22.5 Å². The van der Waals surface area contributed by atoms with E-state index in [1.54, 1.807) is 40.6 Å². The largest absolute Gasteiger partial charge is 1.00 e. The topological polar surface area (TPSA) is 56.3 Å². The van der Waals surface area contributed by atoms with Crippen molar-refractivity contribution in [3.05, 3.63) is 35.9 Å². The van der Waals surface area contributed by atoms with Gasteiger partial charge in [0.15, 0.2) is 0 Å². The molecule has 3 aromatic rings. The summed E-state index contributed by atoms with van der Waals surface area (Å²) in [5.41, 5.74) is 1.11. The predicted molar refractivity (Wildman–Crippen MR) is 138 cm³/mol. The number of anilines is 2. The summed E-state index contributed by atoms with van der Waals surface area (Å²) < 4.78 is 64.5. The highest BCUT2D eigenvalue weighted by atomic mass is 79.9. The van der Waals surface area contributed by atoms with Crippen LogP contribution in [-0.2, 0) is 25.1 Å². The lowest BCUT2D eigenvalue weighted by Crippen LogP contribution is -3.00. The molecule has 0 saturated carbocycles. The molecule has 0 atom stereocenters. The Morgan fingerprint density at radius 1 is 0.730 bits per heavy atom. The highest BCUT2D eigenvalue weighted by Gasteiger charge is 2.36. The molecule has 37 heavy (non-hydrogen) atoms. The summed E-state index contributed by atoms with van der Waals surface area (Å²) in [4.78, 5) is 8.41. The van der Waals surface area contributed by atoms with Gasteiger partial charge in [0.1, 0.15) is 11.0 Å². The van der Waals surface area contributed by atoms with Gasteiger partial charge in [-0.05, 0) is 18.2 Å². The van der Waals surface area contributed by atoms with Crippen molar-refractivity contribution < 1.29 is 49.1 Å². The Balaban J connectivity index is 0.00000481. The summed E-state index contributed by atoms with van der Waals surface area (Å²) in [6.45, 7) is 4.03. The van der Waals surface area contributed by atoms with Gasteiger partial charge in [-0.2, -0.15) is 13.2 Å². The lowest BCUT2D eigenvalue weighted by atomic mass is 10.1. The van der Waals surface area contributed by atoms with Crippen LogP contribution in [0.4, 0.5) is 24.5 Å². The van der Waals surface area contributed by atoms with Crippen LogP contribution in [0.15, 0.2) is 30.3 Å². The van der Waals surface area contributed by atoms with Gasteiger partial charge in [-0.1, -0.05) is 0 Å². The second-order valence-corrected chi connectivity index (χ2v) is 9.23. The minimum absolute atomic E-state index is 0. The number of rotatable bonds is 14. The zero-order valence-corrected chi connectivity index (χ0v) is 23.8. The van der Waals surface area contributed by atoms with Crippen molar-refractivity contribution in [2.24, 2.45) is 0 Å². The minimum atomic E-state index is -4.55. The molecule has 2 aromatic carbocycles. The predicted octanol–water partition coefficient (Wildman–Crippen LogP) is 1.95. The molecule has 7 nitrogen and oxygen atoms in total. The van der Waals surface area contributed by atoms with Crippen LogP contribution in [0.25, 0.3) is 20.4 Å². The normalized spacial score (nSPS) is 11.6. The van der Waals surface area contributed by atoms with Crippen LogP contribution in [0.2, 0.25) is 0 Å². The van der Waals surface area contributed by atoms with Crippen molar-refractivity contribution >= 4 is 43.1 Å². The second kappa shape index (κ2) is 14.9. The van der Waals surface area contributed by atoms with Gasteiger partial charge in [0.2, 0.25) is 11.3 Å². The van der Waals surface area contributed by atoms with Gasteiger partial charge >= 0.3 is 6.18 Å². The number of benzene rings is 2. The van der Waals surface area contributed by atoms with Crippen molar-refractivity contribution in [2.45, 2.75) is 6.18 Å². The Morgan fingerprint density at radius 3 is 1.70 bits per heavy atom. The summed E-state index contributed by atoms with van der Waals surface area (Å²) in [6, 6.07) is 8.55. The zero-order valence-electron chi connectivity index (χ0n) is 21.4. The summed E-state index contributed by atoms with van der Waals surface area (Å²) >= 11 is 1.30. The first-order chi connectivity index (χ1) is 17.3. The van der Waals surface area contributed by atoms with E-state index >= 15 is 0 Å².